The van der Waals surface area contributed by atoms with Crippen molar-refractivity contribution < 1.29 is 19.4 Å². The Bertz CT molecular complexity index is 1070. The van der Waals surface area contributed by atoms with Crippen molar-refractivity contribution in [3.8, 4) is 5.75 Å². The predicted octanol–water partition coefficient (Wildman–Crippen LogP) is 5.72. The number of carbonyl (C=O) groups is 2. The standard InChI is InChI=1S/C22H22ClNO4S/c1-12(2)15-7-5-14(6-8-15)11-24(13(3)25)21-18(22(27)28-4)16-9-10-17(26)19(23)20(16)29-21/h5-10,12,26H,11H2,1-4H3. The van der Waals surface area contributed by atoms with Crippen LogP contribution in [0.15, 0.2) is 36.4 Å². The molecule has 1 N–H and O–H groups in total. The monoisotopic (exact) mass is 431 g/mol. The van der Waals surface area contributed by atoms with E-state index in [0.29, 0.717) is 27.5 Å². The van der Waals surface area contributed by atoms with E-state index < -0.39 is 5.97 Å². The van der Waals surface area contributed by atoms with Gasteiger partial charge in [-0.1, -0.05) is 49.7 Å². The van der Waals surface area contributed by atoms with Gasteiger partial charge in [0.25, 0.3) is 0 Å². The lowest BCUT2D eigenvalue weighted by atomic mass is 10.0. The molecule has 0 radical (unpaired) electrons. The minimum atomic E-state index is -0.561. The Morgan fingerprint density at radius 2 is 1.83 bits per heavy atom. The van der Waals surface area contributed by atoms with Crippen molar-refractivity contribution in [3.63, 3.8) is 0 Å². The second-order valence-electron chi connectivity index (χ2n) is 7.05. The third-order valence-electron chi connectivity index (χ3n) is 4.76. The molecule has 0 aliphatic heterocycles. The molecule has 1 heterocycles. The second-order valence-corrected chi connectivity index (χ2v) is 8.43. The normalized spacial score (nSPS) is 11.1. The van der Waals surface area contributed by atoms with Crippen LogP contribution < -0.4 is 4.90 Å². The van der Waals surface area contributed by atoms with Crippen LogP contribution in [-0.4, -0.2) is 24.1 Å². The largest absolute Gasteiger partial charge is 0.506 e. The van der Waals surface area contributed by atoms with Gasteiger partial charge in [0.1, 0.15) is 21.3 Å². The van der Waals surface area contributed by atoms with E-state index in [1.807, 2.05) is 24.3 Å². The van der Waals surface area contributed by atoms with E-state index in [9.17, 15) is 14.7 Å². The van der Waals surface area contributed by atoms with Crippen molar-refractivity contribution in [1.29, 1.82) is 0 Å². The number of benzene rings is 2. The molecule has 0 atom stereocenters. The lowest BCUT2D eigenvalue weighted by Gasteiger charge is -2.21. The molecule has 0 aliphatic carbocycles. The minimum absolute atomic E-state index is 0.0815. The Morgan fingerprint density at radius 3 is 2.38 bits per heavy atom. The molecule has 1 aromatic heterocycles. The molecule has 7 heteroatoms. The number of phenolic OH excluding ortho intramolecular Hbond substituents is 1. The number of carbonyl (C=O) groups excluding carboxylic acids is 2. The van der Waals surface area contributed by atoms with Gasteiger partial charge in [-0.05, 0) is 29.2 Å². The summed E-state index contributed by atoms with van der Waals surface area (Å²) in [6, 6.07) is 11.1. The lowest BCUT2D eigenvalue weighted by molar-refractivity contribution is -0.116. The smallest absolute Gasteiger partial charge is 0.341 e. The first-order valence-corrected chi connectivity index (χ1v) is 10.3. The number of hydrogen-bond donors (Lipinski definition) is 1. The summed E-state index contributed by atoms with van der Waals surface area (Å²) in [5, 5.41) is 11.1. The van der Waals surface area contributed by atoms with Gasteiger partial charge in [0.15, 0.2) is 0 Å². The van der Waals surface area contributed by atoms with Crippen molar-refractivity contribution in [1.82, 2.24) is 0 Å². The average Bonchev–Trinajstić information content (AvgIpc) is 3.08. The predicted molar refractivity (Wildman–Crippen MR) is 117 cm³/mol. The van der Waals surface area contributed by atoms with E-state index in [0.717, 1.165) is 5.56 Å². The van der Waals surface area contributed by atoms with Crippen molar-refractivity contribution in [3.05, 3.63) is 58.1 Å². The number of anilines is 1. The van der Waals surface area contributed by atoms with Gasteiger partial charge < -0.3 is 9.84 Å². The van der Waals surface area contributed by atoms with E-state index in [2.05, 4.69) is 13.8 Å². The molecule has 3 aromatic rings. The Kier molecular flexibility index (Phi) is 6.15. The zero-order valence-corrected chi connectivity index (χ0v) is 18.2. The number of aromatic hydroxyl groups is 1. The number of esters is 1. The molecule has 0 bridgehead atoms. The van der Waals surface area contributed by atoms with Crippen LogP contribution in [0.1, 0.15) is 48.2 Å². The van der Waals surface area contributed by atoms with Gasteiger partial charge in [0.2, 0.25) is 5.91 Å². The third-order valence-corrected chi connectivity index (χ3v) is 6.50. The van der Waals surface area contributed by atoms with Gasteiger partial charge in [0.05, 0.1) is 18.4 Å². The Labute approximate surface area is 178 Å². The molecule has 1 amide bonds. The first-order chi connectivity index (χ1) is 13.7. The fourth-order valence-electron chi connectivity index (χ4n) is 3.11. The van der Waals surface area contributed by atoms with Gasteiger partial charge in [-0.15, -0.1) is 11.3 Å². The SMILES string of the molecule is COC(=O)c1c(N(Cc2ccc(C(C)C)cc2)C(C)=O)sc2c(Cl)c(O)ccc12. The number of amides is 1. The van der Waals surface area contributed by atoms with Crippen molar-refractivity contribution >= 4 is 49.9 Å². The quantitative estimate of drug-likeness (QED) is 0.524. The van der Waals surface area contributed by atoms with Crippen LogP contribution in [0.5, 0.6) is 5.75 Å². The molecule has 3 rings (SSSR count). The fourth-order valence-corrected chi connectivity index (χ4v) is 4.66. The van der Waals surface area contributed by atoms with Crippen LogP contribution in [0.2, 0.25) is 5.02 Å². The van der Waals surface area contributed by atoms with Gasteiger partial charge in [-0.2, -0.15) is 0 Å². The summed E-state index contributed by atoms with van der Waals surface area (Å²) in [7, 11) is 1.29. The fraction of sp³-hybridized carbons (Fsp3) is 0.273. The van der Waals surface area contributed by atoms with Crippen LogP contribution in [0.25, 0.3) is 10.1 Å². The number of phenols is 1. The highest BCUT2D eigenvalue weighted by molar-refractivity contribution is 7.24. The van der Waals surface area contributed by atoms with E-state index in [4.69, 9.17) is 16.3 Å². The van der Waals surface area contributed by atoms with Gasteiger partial charge >= 0.3 is 5.97 Å². The summed E-state index contributed by atoms with van der Waals surface area (Å²) in [6.07, 6.45) is 0. The van der Waals surface area contributed by atoms with Crippen molar-refractivity contribution in [2.24, 2.45) is 0 Å². The summed E-state index contributed by atoms with van der Waals surface area (Å²) < 4.78 is 5.49. The molecule has 0 saturated carbocycles. The molecule has 152 valence electrons. The molecular formula is C22H22ClNO4S. The van der Waals surface area contributed by atoms with Crippen LogP contribution >= 0.6 is 22.9 Å². The van der Waals surface area contributed by atoms with E-state index >= 15 is 0 Å². The molecule has 0 saturated heterocycles. The molecule has 0 fully saturated rings. The summed E-state index contributed by atoms with van der Waals surface area (Å²) in [4.78, 5) is 26.6. The van der Waals surface area contributed by atoms with Crippen molar-refractivity contribution in [2.75, 3.05) is 12.0 Å². The number of methoxy groups -OCH3 is 1. The number of hydrogen-bond acceptors (Lipinski definition) is 5. The van der Waals surface area contributed by atoms with Gasteiger partial charge in [-0.25, -0.2) is 4.79 Å². The topological polar surface area (TPSA) is 66.8 Å². The van der Waals surface area contributed by atoms with E-state index in [-0.39, 0.29) is 22.2 Å². The first kappa shape index (κ1) is 21.1. The third kappa shape index (κ3) is 4.09. The number of ether oxygens (including phenoxy) is 1. The maximum absolute atomic E-state index is 12.5. The Morgan fingerprint density at radius 1 is 1.17 bits per heavy atom. The Balaban J connectivity index is 2.12. The summed E-state index contributed by atoms with van der Waals surface area (Å²) in [6.45, 7) is 5.99. The molecule has 0 spiro atoms. The Hall–Kier alpha value is -2.57. The average molecular weight is 432 g/mol. The number of nitrogens with zero attached hydrogens (tertiary/aromatic N) is 1. The minimum Gasteiger partial charge on any atom is -0.506 e. The van der Waals surface area contributed by atoms with Crippen LogP contribution in [0.3, 0.4) is 0 Å². The molecule has 2 aromatic carbocycles. The lowest BCUT2D eigenvalue weighted by Crippen LogP contribution is -2.28. The highest BCUT2D eigenvalue weighted by atomic mass is 35.5. The molecular weight excluding hydrogens is 410 g/mol. The highest BCUT2D eigenvalue weighted by Crippen LogP contribution is 2.45. The number of fused-ring (bicyclic) bond motifs is 1. The van der Waals surface area contributed by atoms with Crippen LogP contribution in [0.4, 0.5) is 5.00 Å². The van der Waals surface area contributed by atoms with E-state index in [1.165, 1.54) is 41.9 Å². The summed E-state index contributed by atoms with van der Waals surface area (Å²) >= 11 is 7.44. The molecule has 29 heavy (non-hydrogen) atoms. The van der Waals surface area contributed by atoms with Crippen molar-refractivity contribution in [2.45, 2.75) is 33.2 Å². The second kappa shape index (κ2) is 8.43. The van der Waals surface area contributed by atoms with Gasteiger partial charge in [-0.3, -0.25) is 9.69 Å². The molecule has 0 aliphatic rings. The van der Waals surface area contributed by atoms with E-state index in [1.54, 1.807) is 6.07 Å². The highest BCUT2D eigenvalue weighted by Gasteiger charge is 2.27. The first-order valence-electron chi connectivity index (χ1n) is 9.13. The summed E-state index contributed by atoms with van der Waals surface area (Å²) in [5.74, 6) is -0.442. The number of rotatable bonds is 5. The van der Waals surface area contributed by atoms with Crippen LogP contribution in [0, 0.1) is 0 Å². The number of halogens is 1. The van der Waals surface area contributed by atoms with Crippen LogP contribution in [-0.2, 0) is 16.1 Å². The maximum atomic E-state index is 12.5. The molecule has 5 nitrogen and oxygen atoms in total. The van der Waals surface area contributed by atoms with Gasteiger partial charge in [0, 0.05) is 12.3 Å². The zero-order chi connectivity index (χ0) is 21.3. The molecule has 0 unspecified atom stereocenters. The zero-order valence-electron chi connectivity index (χ0n) is 16.7. The maximum Gasteiger partial charge on any atom is 0.341 e. The number of thiophene rings is 1. The summed E-state index contributed by atoms with van der Waals surface area (Å²) in [5.41, 5.74) is 2.41.